The van der Waals surface area contributed by atoms with E-state index < -0.39 is 0 Å². The third-order valence-electron chi connectivity index (χ3n) is 2.27. The molecule has 17 heavy (non-hydrogen) atoms. The van der Waals surface area contributed by atoms with Crippen LogP contribution in [0.4, 0.5) is 5.69 Å². The summed E-state index contributed by atoms with van der Waals surface area (Å²) in [5.41, 5.74) is 2.15. The standard InChI is InChI=1S/C15H13NS/c17-15(16-14-9-5-2-6-10-14)12-11-13-7-3-1-4-8-13/h1-12H,(H,16,17)/b12-11+. The van der Waals surface area contributed by atoms with Crippen molar-refractivity contribution in [3.05, 3.63) is 72.3 Å². The van der Waals surface area contributed by atoms with Crippen LogP contribution in [-0.4, -0.2) is 4.99 Å². The Morgan fingerprint density at radius 1 is 0.882 bits per heavy atom. The van der Waals surface area contributed by atoms with Crippen LogP contribution in [0.1, 0.15) is 5.56 Å². The molecular formula is C15H13NS. The topological polar surface area (TPSA) is 12.0 Å². The molecule has 2 aromatic carbocycles. The summed E-state index contributed by atoms with van der Waals surface area (Å²) in [6, 6.07) is 20.0. The molecule has 0 aliphatic rings. The number of benzene rings is 2. The molecule has 0 amide bonds. The normalized spacial score (nSPS) is 10.4. The van der Waals surface area contributed by atoms with Crippen molar-refractivity contribution in [3.63, 3.8) is 0 Å². The molecule has 2 heteroatoms. The molecule has 1 N–H and O–H groups in total. The van der Waals surface area contributed by atoms with E-state index in [-0.39, 0.29) is 0 Å². The van der Waals surface area contributed by atoms with Crippen molar-refractivity contribution in [2.24, 2.45) is 0 Å². The van der Waals surface area contributed by atoms with E-state index in [4.69, 9.17) is 12.2 Å². The van der Waals surface area contributed by atoms with Gasteiger partial charge in [0.1, 0.15) is 4.99 Å². The molecule has 0 aromatic heterocycles. The highest BCUT2D eigenvalue weighted by molar-refractivity contribution is 7.81. The zero-order chi connectivity index (χ0) is 11.9. The van der Waals surface area contributed by atoms with Crippen molar-refractivity contribution in [2.75, 3.05) is 5.32 Å². The number of rotatable bonds is 3. The fraction of sp³-hybridized carbons (Fsp3) is 0. The van der Waals surface area contributed by atoms with Crippen LogP contribution in [0.25, 0.3) is 6.08 Å². The summed E-state index contributed by atoms with van der Waals surface area (Å²) < 4.78 is 0. The number of hydrogen-bond donors (Lipinski definition) is 1. The summed E-state index contributed by atoms with van der Waals surface area (Å²) in [7, 11) is 0. The van der Waals surface area contributed by atoms with Crippen molar-refractivity contribution >= 4 is 29.0 Å². The molecule has 2 rings (SSSR count). The summed E-state index contributed by atoms with van der Waals surface area (Å²) in [6.07, 6.45) is 3.90. The lowest BCUT2D eigenvalue weighted by Gasteiger charge is -2.03. The van der Waals surface area contributed by atoms with E-state index in [0.29, 0.717) is 4.99 Å². The largest absolute Gasteiger partial charge is 0.347 e. The summed E-state index contributed by atoms with van der Waals surface area (Å²) in [5.74, 6) is 0. The average molecular weight is 239 g/mol. The lowest BCUT2D eigenvalue weighted by molar-refractivity contribution is 1.65. The number of hydrogen-bond acceptors (Lipinski definition) is 1. The predicted octanol–water partition coefficient (Wildman–Crippen LogP) is 4.14. The average Bonchev–Trinajstić information content (AvgIpc) is 2.39. The maximum Gasteiger partial charge on any atom is 0.103 e. The van der Waals surface area contributed by atoms with E-state index in [1.54, 1.807) is 0 Å². The third kappa shape index (κ3) is 3.85. The predicted molar refractivity (Wildman–Crippen MR) is 78.1 cm³/mol. The Balaban J connectivity index is 1.96. The van der Waals surface area contributed by atoms with E-state index in [0.717, 1.165) is 11.3 Å². The molecule has 0 saturated carbocycles. The van der Waals surface area contributed by atoms with Gasteiger partial charge in [-0.05, 0) is 23.8 Å². The van der Waals surface area contributed by atoms with Crippen LogP contribution >= 0.6 is 12.2 Å². The molecule has 2 aromatic rings. The minimum absolute atomic E-state index is 0.708. The molecule has 0 aliphatic heterocycles. The lowest BCUT2D eigenvalue weighted by atomic mass is 10.2. The fourth-order valence-corrected chi connectivity index (χ4v) is 1.63. The second kappa shape index (κ2) is 5.97. The Bertz CT molecular complexity index is 503. The number of thiocarbonyl (C=S) groups is 1. The Morgan fingerprint density at radius 3 is 2.12 bits per heavy atom. The first-order valence-corrected chi connectivity index (χ1v) is 5.84. The number of anilines is 1. The molecule has 0 spiro atoms. The molecule has 0 saturated heterocycles. The summed E-state index contributed by atoms with van der Waals surface area (Å²) >= 11 is 5.24. The van der Waals surface area contributed by atoms with E-state index in [1.165, 1.54) is 0 Å². The highest BCUT2D eigenvalue weighted by atomic mass is 32.1. The zero-order valence-corrected chi connectivity index (χ0v) is 10.2. The molecule has 0 bridgehead atoms. The number of nitrogens with one attached hydrogen (secondary N) is 1. The smallest absolute Gasteiger partial charge is 0.103 e. The van der Waals surface area contributed by atoms with Crippen LogP contribution in [0, 0.1) is 0 Å². The van der Waals surface area contributed by atoms with Crippen molar-refractivity contribution in [2.45, 2.75) is 0 Å². The Hall–Kier alpha value is -1.93. The van der Waals surface area contributed by atoms with Crippen molar-refractivity contribution in [1.82, 2.24) is 0 Å². The van der Waals surface area contributed by atoms with Gasteiger partial charge in [-0.25, -0.2) is 0 Å². The molecule has 1 nitrogen and oxygen atoms in total. The van der Waals surface area contributed by atoms with Crippen molar-refractivity contribution < 1.29 is 0 Å². The van der Waals surface area contributed by atoms with Gasteiger partial charge in [0.05, 0.1) is 0 Å². The molecule has 0 fully saturated rings. The van der Waals surface area contributed by atoms with Gasteiger partial charge < -0.3 is 5.32 Å². The van der Waals surface area contributed by atoms with Gasteiger partial charge in [0.25, 0.3) is 0 Å². The van der Waals surface area contributed by atoms with Crippen LogP contribution in [0.2, 0.25) is 0 Å². The van der Waals surface area contributed by atoms with Gasteiger partial charge >= 0.3 is 0 Å². The van der Waals surface area contributed by atoms with Crippen LogP contribution in [-0.2, 0) is 0 Å². The van der Waals surface area contributed by atoms with Crippen LogP contribution < -0.4 is 5.32 Å². The van der Waals surface area contributed by atoms with Crippen molar-refractivity contribution in [1.29, 1.82) is 0 Å². The van der Waals surface area contributed by atoms with Crippen LogP contribution in [0.5, 0.6) is 0 Å². The van der Waals surface area contributed by atoms with E-state index in [1.807, 2.05) is 72.8 Å². The highest BCUT2D eigenvalue weighted by Gasteiger charge is 1.92. The molecule has 0 atom stereocenters. The monoisotopic (exact) mass is 239 g/mol. The zero-order valence-electron chi connectivity index (χ0n) is 9.34. The SMILES string of the molecule is S=C(/C=C/c1ccccc1)Nc1ccccc1. The molecular weight excluding hydrogens is 226 g/mol. The van der Waals surface area contributed by atoms with Gasteiger partial charge in [-0.15, -0.1) is 0 Å². The minimum atomic E-state index is 0.708. The first-order valence-electron chi connectivity index (χ1n) is 5.44. The van der Waals surface area contributed by atoms with E-state index in [9.17, 15) is 0 Å². The molecule has 0 radical (unpaired) electrons. The first kappa shape index (κ1) is 11.6. The lowest BCUT2D eigenvalue weighted by Crippen LogP contribution is -2.04. The van der Waals surface area contributed by atoms with Gasteiger partial charge in [0.2, 0.25) is 0 Å². The summed E-state index contributed by atoms with van der Waals surface area (Å²) in [5, 5.41) is 3.16. The molecule has 0 aliphatic carbocycles. The van der Waals surface area contributed by atoms with Gasteiger partial charge in [-0.3, -0.25) is 0 Å². The van der Waals surface area contributed by atoms with Gasteiger partial charge in [-0.2, -0.15) is 0 Å². The fourth-order valence-electron chi connectivity index (χ4n) is 1.44. The Morgan fingerprint density at radius 2 is 1.47 bits per heavy atom. The van der Waals surface area contributed by atoms with Crippen LogP contribution in [0.15, 0.2) is 66.7 Å². The third-order valence-corrected chi connectivity index (χ3v) is 2.51. The summed E-state index contributed by atoms with van der Waals surface area (Å²) in [4.78, 5) is 0.708. The highest BCUT2D eigenvalue weighted by Crippen LogP contribution is 2.06. The van der Waals surface area contributed by atoms with Crippen LogP contribution in [0.3, 0.4) is 0 Å². The quantitative estimate of drug-likeness (QED) is 0.638. The maximum atomic E-state index is 5.24. The molecule has 0 unspecified atom stereocenters. The minimum Gasteiger partial charge on any atom is -0.347 e. The van der Waals surface area contributed by atoms with Gasteiger partial charge in [0, 0.05) is 5.69 Å². The Kier molecular flexibility index (Phi) is 4.05. The van der Waals surface area contributed by atoms with E-state index >= 15 is 0 Å². The van der Waals surface area contributed by atoms with Gasteiger partial charge in [-0.1, -0.05) is 66.8 Å². The van der Waals surface area contributed by atoms with Crippen molar-refractivity contribution in [3.8, 4) is 0 Å². The molecule has 84 valence electrons. The maximum absolute atomic E-state index is 5.24. The second-order valence-corrected chi connectivity index (χ2v) is 4.04. The number of para-hydroxylation sites is 1. The van der Waals surface area contributed by atoms with Gasteiger partial charge in [0.15, 0.2) is 0 Å². The summed E-state index contributed by atoms with van der Waals surface area (Å²) in [6.45, 7) is 0. The first-order chi connectivity index (χ1) is 8.34. The second-order valence-electron chi connectivity index (χ2n) is 3.60. The van der Waals surface area contributed by atoms with E-state index in [2.05, 4.69) is 5.32 Å². The molecule has 0 heterocycles. The Labute approximate surface area is 107 Å².